The number of ether oxygens (including phenoxy) is 1. The summed E-state index contributed by atoms with van der Waals surface area (Å²) in [5.74, 6) is -0.821. The highest BCUT2D eigenvalue weighted by Crippen LogP contribution is 2.25. The normalized spacial score (nSPS) is 16.5. The predicted molar refractivity (Wildman–Crippen MR) is 143 cm³/mol. The zero-order valence-corrected chi connectivity index (χ0v) is 23.0. The molecule has 0 bridgehead atoms. The van der Waals surface area contributed by atoms with Gasteiger partial charge < -0.3 is 9.64 Å². The van der Waals surface area contributed by atoms with E-state index in [4.69, 9.17) is 4.74 Å². The number of aryl methyl sites for hydroxylation is 2. The average molecular weight is 537 g/mol. The minimum atomic E-state index is -3.73. The number of nitrogens with zero attached hydrogens (tertiary/aromatic N) is 4. The van der Waals surface area contributed by atoms with Crippen molar-refractivity contribution in [3.05, 3.63) is 77.1 Å². The van der Waals surface area contributed by atoms with Gasteiger partial charge in [0.25, 0.3) is 5.91 Å². The lowest BCUT2D eigenvalue weighted by Gasteiger charge is -2.39. The molecule has 3 aromatic rings. The Morgan fingerprint density at radius 3 is 2.24 bits per heavy atom. The van der Waals surface area contributed by atoms with Crippen molar-refractivity contribution >= 4 is 21.9 Å². The summed E-state index contributed by atoms with van der Waals surface area (Å²) in [6, 6.07) is 15.4. The van der Waals surface area contributed by atoms with E-state index in [1.807, 2.05) is 37.3 Å². The molecular formula is C28H32N4O5S. The molecule has 1 atom stereocenters. The second-order valence-electron chi connectivity index (χ2n) is 9.71. The van der Waals surface area contributed by atoms with E-state index in [0.717, 1.165) is 5.56 Å². The van der Waals surface area contributed by atoms with Gasteiger partial charge in [-0.3, -0.25) is 4.79 Å². The van der Waals surface area contributed by atoms with E-state index in [1.165, 1.54) is 9.21 Å². The first-order valence-electron chi connectivity index (χ1n) is 12.5. The quantitative estimate of drug-likeness (QED) is 0.440. The number of hydrogen-bond donors (Lipinski definition) is 0. The Balaban J connectivity index is 1.66. The summed E-state index contributed by atoms with van der Waals surface area (Å²) in [7, 11) is -3.73. The molecule has 1 aliphatic rings. The first-order chi connectivity index (χ1) is 18.0. The molecule has 1 amide bonds. The van der Waals surface area contributed by atoms with Crippen molar-refractivity contribution in [1.29, 1.82) is 0 Å². The predicted octanol–water partition coefficient (Wildman–Crippen LogP) is 3.86. The molecule has 1 saturated heterocycles. The molecule has 2 heterocycles. The van der Waals surface area contributed by atoms with Crippen LogP contribution in [0.1, 0.15) is 52.9 Å². The van der Waals surface area contributed by atoms with Gasteiger partial charge in [0.15, 0.2) is 5.82 Å². The maximum atomic E-state index is 13.8. The molecule has 2 aromatic carbocycles. The maximum Gasteiger partial charge on any atom is 0.342 e. The second-order valence-corrected chi connectivity index (χ2v) is 11.6. The minimum absolute atomic E-state index is 0.0192. The van der Waals surface area contributed by atoms with Crippen molar-refractivity contribution < 1.29 is 22.7 Å². The van der Waals surface area contributed by atoms with Crippen LogP contribution in [0.15, 0.2) is 59.5 Å². The SMILES string of the molecule is Cc1ccc(S(=O)(=O)N2CCN(C(=O)c3nc(-c4ccccc4)nc(C)c3C(=O)OC(C)C)CC2C)cc1. The van der Waals surface area contributed by atoms with Crippen LogP contribution in [-0.2, 0) is 14.8 Å². The van der Waals surface area contributed by atoms with E-state index in [-0.39, 0.29) is 35.8 Å². The fourth-order valence-electron chi connectivity index (χ4n) is 4.44. The largest absolute Gasteiger partial charge is 0.459 e. The summed E-state index contributed by atoms with van der Waals surface area (Å²) < 4.78 is 33.4. The second kappa shape index (κ2) is 11.0. The van der Waals surface area contributed by atoms with E-state index < -0.39 is 34.0 Å². The molecule has 4 rings (SSSR count). The summed E-state index contributed by atoms with van der Waals surface area (Å²) >= 11 is 0. The highest BCUT2D eigenvalue weighted by atomic mass is 32.2. The highest BCUT2D eigenvalue weighted by molar-refractivity contribution is 7.89. The van der Waals surface area contributed by atoms with Gasteiger partial charge in [-0.2, -0.15) is 4.31 Å². The zero-order valence-electron chi connectivity index (χ0n) is 22.2. The Bertz CT molecular complexity index is 1440. The van der Waals surface area contributed by atoms with Crippen molar-refractivity contribution in [2.45, 2.75) is 51.7 Å². The van der Waals surface area contributed by atoms with Crippen molar-refractivity contribution in [2.75, 3.05) is 19.6 Å². The number of aromatic nitrogens is 2. The molecule has 1 aromatic heterocycles. The van der Waals surface area contributed by atoms with Crippen LogP contribution in [0.5, 0.6) is 0 Å². The Labute approximate surface area is 223 Å². The van der Waals surface area contributed by atoms with E-state index in [1.54, 1.807) is 52.0 Å². The van der Waals surface area contributed by atoms with Gasteiger partial charge in [-0.05, 0) is 46.8 Å². The summed E-state index contributed by atoms with van der Waals surface area (Å²) in [6.45, 7) is 9.17. The van der Waals surface area contributed by atoms with Gasteiger partial charge in [0.1, 0.15) is 11.3 Å². The lowest BCUT2D eigenvalue weighted by molar-refractivity contribution is 0.0368. The first kappa shape index (κ1) is 27.4. The molecule has 0 aliphatic carbocycles. The number of amides is 1. The zero-order chi connectivity index (χ0) is 27.6. The molecule has 1 fully saturated rings. The van der Waals surface area contributed by atoms with Gasteiger partial charge in [0, 0.05) is 31.2 Å². The Morgan fingerprint density at radius 1 is 0.974 bits per heavy atom. The van der Waals surface area contributed by atoms with Gasteiger partial charge in [-0.25, -0.2) is 23.2 Å². The lowest BCUT2D eigenvalue weighted by atomic mass is 10.1. The van der Waals surface area contributed by atoms with Crippen LogP contribution in [-0.4, -0.2) is 71.2 Å². The molecule has 0 saturated carbocycles. The van der Waals surface area contributed by atoms with Crippen LogP contribution < -0.4 is 0 Å². The maximum absolute atomic E-state index is 13.8. The number of esters is 1. The monoisotopic (exact) mass is 536 g/mol. The molecule has 1 aliphatic heterocycles. The first-order valence-corrected chi connectivity index (χ1v) is 14.0. The van der Waals surface area contributed by atoms with Crippen molar-refractivity contribution in [1.82, 2.24) is 19.2 Å². The van der Waals surface area contributed by atoms with Crippen LogP contribution in [0.2, 0.25) is 0 Å². The van der Waals surface area contributed by atoms with Crippen molar-refractivity contribution in [2.24, 2.45) is 0 Å². The third-order valence-electron chi connectivity index (χ3n) is 6.35. The Kier molecular flexibility index (Phi) is 7.94. The molecule has 0 radical (unpaired) electrons. The Hall–Kier alpha value is -3.63. The number of piperazine rings is 1. The van der Waals surface area contributed by atoms with E-state index in [2.05, 4.69) is 9.97 Å². The number of hydrogen-bond acceptors (Lipinski definition) is 7. The van der Waals surface area contributed by atoms with Crippen LogP contribution in [0.4, 0.5) is 0 Å². The highest BCUT2D eigenvalue weighted by Gasteiger charge is 2.37. The van der Waals surface area contributed by atoms with Gasteiger partial charge in [0.2, 0.25) is 10.0 Å². The molecule has 9 nitrogen and oxygen atoms in total. The van der Waals surface area contributed by atoms with E-state index in [0.29, 0.717) is 17.1 Å². The number of sulfonamides is 1. The molecule has 1 unspecified atom stereocenters. The third kappa shape index (κ3) is 5.61. The Morgan fingerprint density at radius 2 is 1.63 bits per heavy atom. The standard InChI is InChI=1S/C28H32N4O5S/c1-18(2)37-28(34)24-21(5)29-26(22-9-7-6-8-10-22)30-25(24)27(33)31-15-16-32(20(4)17-31)38(35,36)23-13-11-19(3)12-14-23/h6-14,18,20H,15-17H2,1-5H3. The summed E-state index contributed by atoms with van der Waals surface area (Å²) in [5.41, 5.74) is 1.97. The molecule has 10 heteroatoms. The van der Waals surface area contributed by atoms with Crippen molar-refractivity contribution in [3.63, 3.8) is 0 Å². The minimum Gasteiger partial charge on any atom is -0.459 e. The van der Waals surface area contributed by atoms with Crippen LogP contribution in [0.25, 0.3) is 11.4 Å². The fraction of sp³-hybridized carbons (Fsp3) is 0.357. The molecule has 0 N–H and O–H groups in total. The third-order valence-corrected chi connectivity index (χ3v) is 8.38. The number of benzene rings is 2. The van der Waals surface area contributed by atoms with Crippen LogP contribution in [0.3, 0.4) is 0 Å². The van der Waals surface area contributed by atoms with E-state index in [9.17, 15) is 18.0 Å². The number of rotatable bonds is 6. The lowest BCUT2D eigenvalue weighted by Crippen LogP contribution is -2.55. The van der Waals surface area contributed by atoms with Crippen LogP contribution >= 0.6 is 0 Å². The smallest absolute Gasteiger partial charge is 0.342 e. The summed E-state index contributed by atoms with van der Waals surface area (Å²) in [4.78, 5) is 37.6. The van der Waals surface area contributed by atoms with Crippen molar-refractivity contribution in [3.8, 4) is 11.4 Å². The van der Waals surface area contributed by atoms with Gasteiger partial charge >= 0.3 is 5.97 Å². The fourth-order valence-corrected chi connectivity index (χ4v) is 6.05. The molecular weight excluding hydrogens is 504 g/mol. The molecule has 0 spiro atoms. The van der Waals surface area contributed by atoms with Gasteiger partial charge in [0.05, 0.1) is 16.7 Å². The number of carbonyl (C=O) groups is 2. The molecule has 38 heavy (non-hydrogen) atoms. The van der Waals surface area contributed by atoms with Crippen LogP contribution in [0, 0.1) is 13.8 Å². The summed E-state index contributed by atoms with van der Waals surface area (Å²) in [6.07, 6.45) is -0.394. The summed E-state index contributed by atoms with van der Waals surface area (Å²) in [5, 5.41) is 0. The molecule has 200 valence electrons. The topological polar surface area (TPSA) is 110 Å². The van der Waals surface area contributed by atoms with Gasteiger partial charge in [-0.1, -0.05) is 48.0 Å². The average Bonchev–Trinajstić information content (AvgIpc) is 2.87. The number of carbonyl (C=O) groups excluding carboxylic acids is 2. The van der Waals surface area contributed by atoms with Gasteiger partial charge in [-0.15, -0.1) is 0 Å². The van der Waals surface area contributed by atoms with E-state index >= 15 is 0 Å².